The average Bonchev–Trinajstić information content (AvgIpc) is 2.98. The fourth-order valence-electron chi connectivity index (χ4n) is 2.27. The molecule has 5 heteroatoms. The molecule has 0 aromatic carbocycles. The average molecular weight is 266 g/mol. The maximum absolute atomic E-state index is 4.59. The minimum atomic E-state index is 0.659. The Morgan fingerprint density at radius 1 is 1.50 bits per heavy atom. The first kappa shape index (κ1) is 13.5. The van der Waals surface area contributed by atoms with Crippen molar-refractivity contribution in [2.45, 2.75) is 38.5 Å². The van der Waals surface area contributed by atoms with Gasteiger partial charge in [-0.1, -0.05) is 38.5 Å². The predicted octanol–water partition coefficient (Wildman–Crippen LogP) is 2.42. The van der Waals surface area contributed by atoms with Gasteiger partial charge in [0.25, 0.3) is 0 Å². The van der Waals surface area contributed by atoms with Crippen LogP contribution in [0.15, 0.2) is 17.3 Å². The molecule has 4 nitrogen and oxygen atoms in total. The van der Waals surface area contributed by atoms with E-state index in [1.807, 2.05) is 35.8 Å². The van der Waals surface area contributed by atoms with Crippen LogP contribution in [0.3, 0.4) is 0 Å². The molecular weight excluding hydrogens is 244 g/mol. The second kappa shape index (κ2) is 6.27. The van der Waals surface area contributed by atoms with E-state index in [4.69, 9.17) is 0 Å². The zero-order valence-corrected chi connectivity index (χ0v) is 12.2. The van der Waals surface area contributed by atoms with E-state index in [2.05, 4.69) is 29.3 Å². The lowest BCUT2D eigenvalue weighted by atomic mass is 9.99. The van der Waals surface area contributed by atoms with E-state index in [1.165, 1.54) is 12.8 Å². The van der Waals surface area contributed by atoms with Crippen molar-refractivity contribution < 1.29 is 0 Å². The number of amidine groups is 1. The van der Waals surface area contributed by atoms with Crippen LogP contribution in [0.1, 0.15) is 32.4 Å². The molecule has 1 aromatic heterocycles. The van der Waals surface area contributed by atoms with Gasteiger partial charge in [0.05, 0.1) is 18.8 Å². The number of nitrogens with one attached hydrogen (secondary N) is 1. The maximum atomic E-state index is 4.59. The third-order valence-electron chi connectivity index (χ3n) is 3.44. The molecule has 18 heavy (non-hydrogen) atoms. The van der Waals surface area contributed by atoms with Crippen molar-refractivity contribution >= 4 is 16.9 Å². The Morgan fingerprint density at radius 3 is 2.89 bits per heavy atom. The molecule has 0 fully saturated rings. The summed E-state index contributed by atoms with van der Waals surface area (Å²) in [6.45, 7) is 6.27. The highest BCUT2D eigenvalue weighted by Gasteiger charge is 2.25. The Hall–Kier alpha value is -0.970. The minimum Gasteiger partial charge on any atom is -0.359 e. The number of thioether (sulfide) groups is 1. The summed E-state index contributed by atoms with van der Waals surface area (Å²) >= 11 is 1.90. The largest absolute Gasteiger partial charge is 0.359 e. The number of rotatable bonds is 5. The summed E-state index contributed by atoms with van der Waals surface area (Å²) in [5.41, 5.74) is 1.06. The number of aromatic nitrogens is 2. The summed E-state index contributed by atoms with van der Waals surface area (Å²) in [5.74, 6) is 0.785. The molecule has 0 radical (unpaired) electrons. The van der Waals surface area contributed by atoms with Gasteiger partial charge in [0.1, 0.15) is 0 Å². The molecule has 1 atom stereocenters. The molecule has 0 amide bonds. The first-order valence-electron chi connectivity index (χ1n) is 6.66. The van der Waals surface area contributed by atoms with Crippen molar-refractivity contribution in [2.24, 2.45) is 18.0 Å². The molecule has 2 rings (SSSR count). The van der Waals surface area contributed by atoms with Crippen LogP contribution in [0, 0.1) is 5.92 Å². The van der Waals surface area contributed by atoms with Crippen molar-refractivity contribution in [2.75, 3.05) is 6.54 Å². The molecule has 0 saturated heterocycles. The number of nitrogens with zero attached hydrogens (tertiary/aromatic N) is 3. The topological polar surface area (TPSA) is 42.2 Å². The SMILES string of the molecule is CCC(CC)C1CN=C(NCc2ccn(C)n2)S1. The Labute approximate surface area is 113 Å². The minimum absolute atomic E-state index is 0.659. The quantitative estimate of drug-likeness (QED) is 0.890. The Morgan fingerprint density at radius 2 is 2.28 bits per heavy atom. The fraction of sp³-hybridized carbons (Fsp3) is 0.692. The molecule has 1 N–H and O–H groups in total. The Balaban J connectivity index is 1.79. The standard InChI is InChI=1S/C13H22N4S/c1-4-10(5-2)12-9-15-13(18-12)14-8-11-6-7-17(3)16-11/h6-7,10,12H,4-5,8-9H2,1-3H3,(H,14,15). The van der Waals surface area contributed by atoms with Gasteiger partial charge in [-0.05, 0) is 12.0 Å². The van der Waals surface area contributed by atoms with Crippen LogP contribution in [0.2, 0.25) is 0 Å². The third kappa shape index (κ3) is 3.28. The van der Waals surface area contributed by atoms with E-state index in [-0.39, 0.29) is 0 Å². The zero-order valence-electron chi connectivity index (χ0n) is 11.4. The van der Waals surface area contributed by atoms with Gasteiger partial charge in [0.2, 0.25) is 0 Å². The van der Waals surface area contributed by atoms with E-state index < -0.39 is 0 Å². The summed E-state index contributed by atoms with van der Waals surface area (Å²) in [5, 5.41) is 9.47. The van der Waals surface area contributed by atoms with E-state index in [1.54, 1.807) is 0 Å². The third-order valence-corrected chi connectivity index (χ3v) is 4.78. The molecule has 100 valence electrons. The molecule has 0 aliphatic carbocycles. The van der Waals surface area contributed by atoms with Gasteiger partial charge in [-0.2, -0.15) is 5.10 Å². The van der Waals surface area contributed by atoms with Gasteiger partial charge >= 0.3 is 0 Å². The van der Waals surface area contributed by atoms with E-state index in [0.717, 1.165) is 29.9 Å². The summed E-state index contributed by atoms with van der Waals surface area (Å²) in [4.78, 5) is 4.59. The van der Waals surface area contributed by atoms with E-state index in [9.17, 15) is 0 Å². The second-order valence-electron chi connectivity index (χ2n) is 4.71. The van der Waals surface area contributed by atoms with Gasteiger partial charge in [0.15, 0.2) is 5.17 Å². The van der Waals surface area contributed by atoms with Crippen molar-refractivity contribution in [3.63, 3.8) is 0 Å². The van der Waals surface area contributed by atoms with Crippen LogP contribution in [-0.2, 0) is 13.6 Å². The Kier molecular flexibility index (Phi) is 4.69. The summed E-state index contributed by atoms with van der Waals surface area (Å²) < 4.78 is 1.83. The van der Waals surface area contributed by atoms with Gasteiger partial charge in [-0.3, -0.25) is 9.67 Å². The van der Waals surface area contributed by atoms with E-state index >= 15 is 0 Å². The number of aliphatic imine (C=N–C) groups is 1. The molecule has 0 spiro atoms. The van der Waals surface area contributed by atoms with Crippen LogP contribution in [0.25, 0.3) is 0 Å². The van der Waals surface area contributed by atoms with Crippen LogP contribution in [0.5, 0.6) is 0 Å². The van der Waals surface area contributed by atoms with Crippen molar-refractivity contribution in [1.82, 2.24) is 15.1 Å². The molecule has 1 aromatic rings. The highest BCUT2D eigenvalue weighted by molar-refractivity contribution is 8.14. The maximum Gasteiger partial charge on any atom is 0.157 e. The monoisotopic (exact) mass is 266 g/mol. The molecule has 1 aliphatic rings. The summed E-state index contributed by atoms with van der Waals surface area (Å²) in [6, 6.07) is 2.03. The van der Waals surface area contributed by atoms with Crippen molar-refractivity contribution in [3.05, 3.63) is 18.0 Å². The van der Waals surface area contributed by atoms with Gasteiger partial charge < -0.3 is 5.32 Å². The molecule has 1 aliphatic heterocycles. The van der Waals surface area contributed by atoms with Gasteiger partial charge in [0, 0.05) is 18.5 Å². The van der Waals surface area contributed by atoms with Crippen LogP contribution < -0.4 is 5.32 Å². The first-order chi connectivity index (χ1) is 8.72. The first-order valence-corrected chi connectivity index (χ1v) is 7.54. The normalized spacial score (nSPS) is 19.3. The molecule has 2 heterocycles. The number of hydrogen-bond donors (Lipinski definition) is 1. The molecule has 0 bridgehead atoms. The smallest absolute Gasteiger partial charge is 0.157 e. The van der Waals surface area contributed by atoms with Crippen molar-refractivity contribution in [1.29, 1.82) is 0 Å². The zero-order chi connectivity index (χ0) is 13.0. The Bertz CT molecular complexity index is 409. The van der Waals surface area contributed by atoms with Crippen LogP contribution in [0.4, 0.5) is 0 Å². The van der Waals surface area contributed by atoms with Gasteiger partial charge in [-0.15, -0.1) is 0 Å². The lowest BCUT2D eigenvalue weighted by Crippen LogP contribution is -2.21. The highest BCUT2D eigenvalue weighted by Crippen LogP contribution is 2.30. The molecule has 1 unspecified atom stereocenters. The van der Waals surface area contributed by atoms with Gasteiger partial charge in [-0.25, -0.2) is 0 Å². The van der Waals surface area contributed by atoms with Crippen LogP contribution >= 0.6 is 11.8 Å². The highest BCUT2D eigenvalue weighted by atomic mass is 32.2. The fourth-order valence-corrected chi connectivity index (χ4v) is 3.59. The predicted molar refractivity (Wildman–Crippen MR) is 77.8 cm³/mol. The van der Waals surface area contributed by atoms with E-state index in [0.29, 0.717) is 5.25 Å². The van der Waals surface area contributed by atoms with Crippen molar-refractivity contribution in [3.8, 4) is 0 Å². The van der Waals surface area contributed by atoms with Crippen LogP contribution in [-0.4, -0.2) is 26.7 Å². The number of aryl methyl sites for hydroxylation is 1. The summed E-state index contributed by atoms with van der Waals surface area (Å²) in [7, 11) is 1.94. The summed E-state index contributed by atoms with van der Waals surface area (Å²) in [6.07, 6.45) is 4.46. The number of hydrogen-bond acceptors (Lipinski definition) is 4. The molecular formula is C13H22N4S. The lowest BCUT2D eigenvalue weighted by Gasteiger charge is -2.18. The molecule has 0 saturated carbocycles. The second-order valence-corrected chi connectivity index (χ2v) is 5.94. The lowest BCUT2D eigenvalue weighted by molar-refractivity contribution is 0.479.